The van der Waals surface area contributed by atoms with Gasteiger partial charge >= 0.3 is 0 Å². The van der Waals surface area contributed by atoms with E-state index in [1.165, 1.54) is 64.7 Å². The average molecular weight is 252 g/mol. The molecule has 2 aliphatic rings. The van der Waals surface area contributed by atoms with Crippen LogP contribution in [0.1, 0.15) is 59.3 Å². The van der Waals surface area contributed by atoms with Gasteiger partial charge in [0.1, 0.15) is 0 Å². The van der Waals surface area contributed by atoms with Crippen molar-refractivity contribution in [2.45, 2.75) is 65.3 Å². The minimum atomic E-state index is 0.617. The highest BCUT2D eigenvalue weighted by Crippen LogP contribution is 2.39. The third-order valence-corrected chi connectivity index (χ3v) is 5.20. The summed E-state index contributed by atoms with van der Waals surface area (Å²) in [6, 6.07) is 0.696. The van der Waals surface area contributed by atoms with E-state index < -0.39 is 0 Å². The number of nitrogens with one attached hydrogen (secondary N) is 1. The highest BCUT2D eigenvalue weighted by Gasteiger charge is 2.32. The van der Waals surface area contributed by atoms with Gasteiger partial charge in [-0.05, 0) is 63.5 Å². The van der Waals surface area contributed by atoms with Crippen molar-refractivity contribution in [3.05, 3.63) is 0 Å². The molecule has 2 rings (SSSR count). The van der Waals surface area contributed by atoms with Gasteiger partial charge in [0.15, 0.2) is 0 Å². The lowest BCUT2D eigenvalue weighted by atomic mass is 9.70. The fraction of sp³-hybridized carbons (Fsp3) is 1.00. The molecule has 0 aromatic rings. The van der Waals surface area contributed by atoms with Crippen LogP contribution >= 0.6 is 0 Å². The molecule has 2 unspecified atom stereocenters. The van der Waals surface area contributed by atoms with Gasteiger partial charge in [0.2, 0.25) is 0 Å². The van der Waals surface area contributed by atoms with Crippen molar-refractivity contribution in [1.82, 2.24) is 10.2 Å². The maximum absolute atomic E-state index is 3.83. The normalized spacial score (nSPS) is 29.8. The molecule has 2 atom stereocenters. The maximum Gasteiger partial charge on any atom is 0.00794 e. The lowest BCUT2D eigenvalue weighted by molar-refractivity contribution is 0.120. The molecule has 2 heteroatoms. The van der Waals surface area contributed by atoms with Crippen molar-refractivity contribution in [1.29, 1.82) is 0 Å². The van der Waals surface area contributed by atoms with Crippen LogP contribution in [0.3, 0.4) is 0 Å². The molecule has 0 radical (unpaired) electrons. The van der Waals surface area contributed by atoms with Crippen molar-refractivity contribution in [3.8, 4) is 0 Å². The summed E-state index contributed by atoms with van der Waals surface area (Å²) in [4.78, 5) is 2.66. The summed E-state index contributed by atoms with van der Waals surface area (Å²) < 4.78 is 0. The molecule has 0 spiro atoms. The minimum Gasteiger partial charge on any atom is -0.313 e. The number of likely N-dealkylation sites (tertiary alicyclic amines) is 1. The zero-order valence-corrected chi connectivity index (χ0v) is 12.7. The molecule has 1 aliphatic heterocycles. The van der Waals surface area contributed by atoms with Crippen molar-refractivity contribution in [2.24, 2.45) is 11.3 Å². The molecule has 1 aliphatic carbocycles. The van der Waals surface area contributed by atoms with Crippen LogP contribution in [0.15, 0.2) is 0 Å². The predicted octanol–water partition coefficient (Wildman–Crippen LogP) is 3.28. The Morgan fingerprint density at radius 1 is 1.33 bits per heavy atom. The lowest BCUT2D eigenvalue weighted by Crippen LogP contribution is -2.48. The van der Waals surface area contributed by atoms with Gasteiger partial charge in [-0.15, -0.1) is 0 Å². The Kier molecular flexibility index (Phi) is 5.08. The van der Waals surface area contributed by atoms with E-state index in [0.717, 1.165) is 5.92 Å². The second-order valence-electron chi connectivity index (χ2n) is 7.04. The van der Waals surface area contributed by atoms with E-state index in [2.05, 4.69) is 31.0 Å². The first-order chi connectivity index (χ1) is 8.63. The molecule has 0 aromatic heterocycles. The van der Waals surface area contributed by atoms with Crippen LogP contribution in [-0.4, -0.2) is 37.1 Å². The summed E-state index contributed by atoms with van der Waals surface area (Å²) in [5, 5.41) is 3.83. The molecule has 2 fully saturated rings. The van der Waals surface area contributed by atoms with E-state index in [1.807, 2.05) is 0 Å². The fourth-order valence-electron chi connectivity index (χ4n) is 3.55. The van der Waals surface area contributed by atoms with Gasteiger partial charge in [0.25, 0.3) is 0 Å². The first-order valence-corrected chi connectivity index (χ1v) is 8.09. The van der Waals surface area contributed by atoms with Crippen molar-refractivity contribution in [2.75, 3.05) is 26.2 Å². The predicted molar refractivity (Wildman–Crippen MR) is 78.9 cm³/mol. The van der Waals surface area contributed by atoms with Crippen molar-refractivity contribution in [3.63, 3.8) is 0 Å². The Morgan fingerprint density at radius 2 is 2.11 bits per heavy atom. The number of hydrogen-bond donors (Lipinski definition) is 1. The Hall–Kier alpha value is -0.0800. The first kappa shape index (κ1) is 14.3. The smallest absolute Gasteiger partial charge is 0.00794 e. The molecule has 106 valence electrons. The third-order valence-electron chi connectivity index (χ3n) is 5.20. The van der Waals surface area contributed by atoms with Crippen LogP contribution in [-0.2, 0) is 0 Å². The zero-order chi connectivity index (χ0) is 13.0. The highest BCUT2D eigenvalue weighted by atomic mass is 15.1. The monoisotopic (exact) mass is 252 g/mol. The van der Waals surface area contributed by atoms with E-state index in [0.29, 0.717) is 11.5 Å². The molecule has 1 saturated carbocycles. The van der Waals surface area contributed by atoms with Gasteiger partial charge in [0.05, 0.1) is 0 Å². The second-order valence-corrected chi connectivity index (χ2v) is 7.04. The lowest BCUT2D eigenvalue weighted by Gasteiger charge is -2.41. The van der Waals surface area contributed by atoms with Crippen molar-refractivity contribution >= 4 is 0 Å². The summed E-state index contributed by atoms with van der Waals surface area (Å²) in [6.07, 6.45) is 8.42. The molecule has 0 aromatic carbocycles. The van der Waals surface area contributed by atoms with Crippen molar-refractivity contribution < 1.29 is 0 Å². The third kappa shape index (κ3) is 3.71. The summed E-state index contributed by atoms with van der Waals surface area (Å²) in [5.41, 5.74) is 0.617. The second kappa shape index (κ2) is 6.38. The fourth-order valence-corrected chi connectivity index (χ4v) is 3.55. The molecule has 1 saturated heterocycles. The van der Waals surface area contributed by atoms with Gasteiger partial charge in [-0.2, -0.15) is 0 Å². The van der Waals surface area contributed by atoms with Gasteiger partial charge in [-0.1, -0.05) is 20.3 Å². The van der Waals surface area contributed by atoms with Gasteiger partial charge < -0.3 is 10.2 Å². The minimum absolute atomic E-state index is 0.617. The number of rotatable bonds is 6. The van der Waals surface area contributed by atoms with Crippen LogP contribution < -0.4 is 5.32 Å². The van der Waals surface area contributed by atoms with E-state index >= 15 is 0 Å². The average Bonchev–Trinajstić information content (AvgIpc) is 2.34. The number of hydrogen-bond acceptors (Lipinski definition) is 2. The van der Waals surface area contributed by atoms with E-state index in [9.17, 15) is 0 Å². The van der Waals surface area contributed by atoms with Crippen LogP contribution in [0, 0.1) is 11.3 Å². The molecule has 18 heavy (non-hydrogen) atoms. The van der Waals surface area contributed by atoms with E-state index in [4.69, 9.17) is 0 Å². The quantitative estimate of drug-likeness (QED) is 0.780. The molecule has 2 nitrogen and oxygen atoms in total. The maximum atomic E-state index is 3.83. The Balaban J connectivity index is 1.72. The number of piperidine rings is 1. The summed E-state index contributed by atoms with van der Waals surface area (Å²) in [6.45, 7) is 12.3. The molecule has 0 bridgehead atoms. The van der Waals surface area contributed by atoms with Crippen LogP contribution in [0.25, 0.3) is 0 Å². The van der Waals surface area contributed by atoms with Crippen LogP contribution in [0.5, 0.6) is 0 Å². The zero-order valence-electron chi connectivity index (χ0n) is 12.7. The van der Waals surface area contributed by atoms with E-state index in [1.54, 1.807) is 0 Å². The summed E-state index contributed by atoms with van der Waals surface area (Å²) in [5.74, 6) is 0.869. The molecular formula is C16H32N2. The van der Waals surface area contributed by atoms with Crippen LogP contribution in [0.2, 0.25) is 0 Å². The Morgan fingerprint density at radius 3 is 2.72 bits per heavy atom. The standard InChI is InChI=1S/C16H32N2/c1-4-10-18-11-5-7-15(12-18)14(2)17-13-16(3)8-6-9-16/h14-15,17H,4-13H2,1-3H3. The van der Waals surface area contributed by atoms with Crippen LogP contribution in [0.4, 0.5) is 0 Å². The molecule has 1 heterocycles. The molecule has 0 amide bonds. The largest absolute Gasteiger partial charge is 0.313 e. The Labute approximate surface area is 114 Å². The Bertz CT molecular complexity index is 245. The summed E-state index contributed by atoms with van der Waals surface area (Å²) in [7, 11) is 0. The first-order valence-electron chi connectivity index (χ1n) is 8.09. The topological polar surface area (TPSA) is 15.3 Å². The van der Waals surface area contributed by atoms with E-state index in [-0.39, 0.29) is 0 Å². The van der Waals surface area contributed by atoms with Gasteiger partial charge in [0, 0.05) is 19.1 Å². The number of nitrogens with zero attached hydrogens (tertiary/aromatic N) is 1. The molecule has 1 N–H and O–H groups in total. The molecular weight excluding hydrogens is 220 g/mol. The van der Waals surface area contributed by atoms with Gasteiger partial charge in [-0.3, -0.25) is 0 Å². The summed E-state index contributed by atoms with van der Waals surface area (Å²) >= 11 is 0. The van der Waals surface area contributed by atoms with Gasteiger partial charge in [-0.25, -0.2) is 0 Å². The highest BCUT2D eigenvalue weighted by molar-refractivity contribution is 4.88. The SMILES string of the molecule is CCCN1CCCC(C(C)NCC2(C)CCC2)C1.